The maximum Gasteiger partial charge on any atom is 0.242 e. The molecule has 2 aromatic rings. The largest absolute Gasteiger partial charge is 0.397 e. The van der Waals surface area contributed by atoms with Crippen LogP contribution in [0, 0.1) is 17.2 Å². The lowest BCUT2D eigenvalue weighted by molar-refractivity contribution is -0.133. The number of nitrogen functional groups attached to an aromatic ring is 1. The number of nitriles is 1. The molecule has 1 aromatic carbocycles. The molecule has 0 spiro atoms. The van der Waals surface area contributed by atoms with E-state index in [1.54, 1.807) is 10.6 Å². The molecule has 26 heavy (non-hydrogen) atoms. The molecule has 1 unspecified atom stereocenters. The first-order valence-electron chi connectivity index (χ1n) is 8.88. The predicted molar refractivity (Wildman–Crippen MR) is 103 cm³/mol. The number of halogens is 1. The molecule has 0 aliphatic carbocycles. The van der Waals surface area contributed by atoms with Crippen LogP contribution >= 0.6 is 11.6 Å². The van der Waals surface area contributed by atoms with Crippen LogP contribution in [-0.4, -0.2) is 28.5 Å². The first-order chi connectivity index (χ1) is 12.5. The van der Waals surface area contributed by atoms with Crippen LogP contribution in [-0.2, 0) is 17.8 Å². The maximum atomic E-state index is 12.8. The minimum Gasteiger partial charge on any atom is -0.397 e. The van der Waals surface area contributed by atoms with Crippen molar-refractivity contribution in [1.29, 1.82) is 5.26 Å². The number of benzene rings is 1. The quantitative estimate of drug-likeness (QED) is 0.895. The molecular weight excluding hydrogens is 348 g/mol. The summed E-state index contributed by atoms with van der Waals surface area (Å²) in [5.74, 6) is 0.555. The molecule has 6 heteroatoms. The van der Waals surface area contributed by atoms with Crippen LogP contribution in [0.3, 0.4) is 0 Å². The zero-order valence-electron chi connectivity index (χ0n) is 14.9. The number of amides is 1. The van der Waals surface area contributed by atoms with Gasteiger partial charge in [0.2, 0.25) is 5.91 Å². The Bertz CT molecular complexity index is 852. The molecule has 0 bridgehead atoms. The molecule has 0 radical (unpaired) electrons. The predicted octanol–water partition coefficient (Wildman–Crippen LogP) is 3.44. The summed E-state index contributed by atoms with van der Waals surface area (Å²) in [6, 6.07) is 11.3. The lowest BCUT2D eigenvalue weighted by Crippen LogP contribution is -2.41. The smallest absolute Gasteiger partial charge is 0.242 e. The summed E-state index contributed by atoms with van der Waals surface area (Å²) >= 11 is 6.07. The minimum absolute atomic E-state index is 0.0380. The van der Waals surface area contributed by atoms with Gasteiger partial charge >= 0.3 is 0 Å². The zero-order valence-corrected chi connectivity index (χ0v) is 15.7. The van der Waals surface area contributed by atoms with Crippen LogP contribution < -0.4 is 5.73 Å². The van der Waals surface area contributed by atoms with Crippen LogP contribution in [0.15, 0.2) is 30.3 Å². The van der Waals surface area contributed by atoms with Crippen LogP contribution in [0.1, 0.15) is 36.7 Å². The van der Waals surface area contributed by atoms with E-state index in [-0.39, 0.29) is 12.5 Å². The van der Waals surface area contributed by atoms with Crippen molar-refractivity contribution in [3.63, 3.8) is 0 Å². The van der Waals surface area contributed by atoms with E-state index in [9.17, 15) is 10.1 Å². The molecule has 1 aromatic heterocycles. The molecule has 2 N–H and O–H groups in total. The lowest BCUT2D eigenvalue weighted by atomic mass is 10.0. The van der Waals surface area contributed by atoms with Gasteiger partial charge in [-0.3, -0.25) is 4.79 Å². The fraction of sp³-hybridized carbons (Fsp3) is 0.400. The summed E-state index contributed by atoms with van der Waals surface area (Å²) in [5.41, 5.74) is 8.87. The third-order valence-electron chi connectivity index (χ3n) is 4.92. The number of hydrogen-bond acceptors (Lipinski definition) is 3. The number of aromatic nitrogens is 1. The average molecular weight is 371 g/mol. The topological polar surface area (TPSA) is 75.0 Å². The van der Waals surface area contributed by atoms with Crippen molar-refractivity contribution in [3.8, 4) is 6.07 Å². The van der Waals surface area contributed by atoms with E-state index in [4.69, 9.17) is 17.3 Å². The van der Waals surface area contributed by atoms with Gasteiger partial charge in [-0.2, -0.15) is 5.26 Å². The van der Waals surface area contributed by atoms with Gasteiger partial charge < -0.3 is 15.2 Å². The number of carbonyl (C=O) groups excluding carboxylic acids is 1. The highest BCUT2D eigenvalue weighted by Crippen LogP contribution is 2.24. The molecule has 1 fully saturated rings. The second-order valence-corrected chi connectivity index (χ2v) is 7.46. The van der Waals surface area contributed by atoms with Gasteiger partial charge in [0.15, 0.2) is 0 Å². The van der Waals surface area contributed by atoms with Crippen LogP contribution in [0.2, 0.25) is 5.02 Å². The molecule has 1 saturated heterocycles. The Morgan fingerprint density at radius 3 is 2.92 bits per heavy atom. The van der Waals surface area contributed by atoms with Crippen molar-refractivity contribution in [2.24, 2.45) is 5.92 Å². The summed E-state index contributed by atoms with van der Waals surface area (Å²) in [7, 11) is 0. The Labute approximate surface area is 159 Å². The number of nitrogens with zero attached hydrogens (tertiary/aromatic N) is 3. The van der Waals surface area contributed by atoms with Gasteiger partial charge in [0, 0.05) is 30.2 Å². The van der Waals surface area contributed by atoms with Crippen LogP contribution in [0.25, 0.3) is 0 Å². The number of likely N-dealkylation sites (tertiary alicyclic amines) is 1. The van der Waals surface area contributed by atoms with Gasteiger partial charge in [0.25, 0.3) is 0 Å². The highest BCUT2D eigenvalue weighted by Gasteiger charge is 2.23. The number of hydrogen-bond donors (Lipinski definition) is 1. The summed E-state index contributed by atoms with van der Waals surface area (Å²) in [5, 5.41) is 10.1. The SMILES string of the molecule is CC1CCCN(C(=O)Cn2c(C#N)cc(N)c2Cc2cccc(Cl)c2)C1. The van der Waals surface area contributed by atoms with Crippen molar-refractivity contribution >= 4 is 23.2 Å². The lowest BCUT2D eigenvalue weighted by Gasteiger charge is -2.31. The fourth-order valence-electron chi connectivity index (χ4n) is 3.57. The van der Waals surface area contributed by atoms with Gasteiger partial charge in [0.05, 0.1) is 5.69 Å². The van der Waals surface area contributed by atoms with Gasteiger partial charge in [-0.25, -0.2) is 0 Å². The molecule has 5 nitrogen and oxygen atoms in total. The van der Waals surface area contributed by atoms with Crippen LogP contribution in [0.5, 0.6) is 0 Å². The second kappa shape index (κ2) is 7.84. The highest BCUT2D eigenvalue weighted by molar-refractivity contribution is 6.30. The summed E-state index contributed by atoms with van der Waals surface area (Å²) in [6.45, 7) is 3.87. The first-order valence-corrected chi connectivity index (χ1v) is 9.26. The van der Waals surface area contributed by atoms with E-state index in [1.807, 2.05) is 29.2 Å². The Morgan fingerprint density at radius 1 is 1.42 bits per heavy atom. The van der Waals surface area contributed by atoms with Gasteiger partial charge in [0.1, 0.15) is 18.3 Å². The summed E-state index contributed by atoms with van der Waals surface area (Å²) in [6.07, 6.45) is 2.71. The molecule has 2 heterocycles. The van der Waals surface area contributed by atoms with E-state index in [0.29, 0.717) is 28.7 Å². The van der Waals surface area contributed by atoms with Crippen molar-refractivity contribution in [3.05, 3.63) is 52.3 Å². The first kappa shape index (κ1) is 18.3. The second-order valence-electron chi connectivity index (χ2n) is 7.02. The highest BCUT2D eigenvalue weighted by atomic mass is 35.5. The van der Waals surface area contributed by atoms with E-state index in [0.717, 1.165) is 37.2 Å². The van der Waals surface area contributed by atoms with Crippen molar-refractivity contribution in [1.82, 2.24) is 9.47 Å². The number of piperidine rings is 1. The molecule has 0 saturated carbocycles. The zero-order chi connectivity index (χ0) is 18.7. The molecule has 1 atom stereocenters. The Kier molecular flexibility index (Phi) is 5.53. The molecule has 136 valence electrons. The van der Waals surface area contributed by atoms with E-state index in [1.165, 1.54) is 0 Å². The number of nitrogens with two attached hydrogens (primary N) is 1. The third kappa shape index (κ3) is 4.03. The number of anilines is 1. The molecule has 1 aliphatic heterocycles. The van der Waals surface area contributed by atoms with E-state index < -0.39 is 0 Å². The average Bonchev–Trinajstić information content (AvgIpc) is 2.90. The van der Waals surface area contributed by atoms with Crippen LogP contribution in [0.4, 0.5) is 5.69 Å². The molecular formula is C20H23ClN4O. The molecule has 3 rings (SSSR count). The van der Waals surface area contributed by atoms with Gasteiger partial charge in [-0.05, 0) is 42.5 Å². The van der Waals surface area contributed by atoms with E-state index in [2.05, 4.69) is 13.0 Å². The Hall–Kier alpha value is -2.45. The number of carbonyl (C=O) groups is 1. The number of rotatable bonds is 4. The minimum atomic E-state index is 0.0380. The molecule has 1 amide bonds. The monoisotopic (exact) mass is 370 g/mol. The van der Waals surface area contributed by atoms with E-state index >= 15 is 0 Å². The van der Waals surface area contributed by atoms with Gasteiger partial charge in [-0.1, -0.05) is 30.7 Å². The van der Waals surface area contributed by atoms with Crippen molar-refractivity contribution in [2.75, 3.05) is 18.8 Å². The van der Waals surface area contributed by atoms with Gasteiger partial charge in [-0.15, -0.1) is 0 Å². The normalized spacial score (nSPS) is 17.1. The molecule has 1 aliphatic rings. The summed E-state index contributed by atoms with van der Waals surface area (Å²) < 4.78 is 1.75. The standard InChI is InChI=1S/C20H23ClN4O/c1-14-4-3-7-24(12-14)20(26)13-25-17(11-22)10-18(23)19(25)9-15-5-2-6-16(21)8-15/h2,5-6,8,10,14H,3-4,7,9,12-13,23H2,1H3. The maximum absolute atomic E-state index is 12.8. The van der Waals surface area contributed by atoms with Crippen molar-refractivity contribution in [2.45, 2.75) is 32.7 Å². The Balaban J connectivity index is 1.86. The Morgan fingerprint density at radius 2 is 2.23 bits per heavy atom. The third-order valence-corrected chi connectivity index (χ3v) is 5.16. The van der Waals surface area contributed by atoms with Crippen molar-refractivity contribution < 1.29 is 4.79 Å². The summed E-state index contributed by atoms with van der Waals surface area (Å²) in [4.78, 5) is 14.7. The fourth-order valence-corrected chi connectivity index (χ4v) is 3.78.